The Labute approximate surface area is 103 Å². The molecule has 0 fully saturated rings. The Hall–Kier alpha value is -2.08. The first-order chi connectivity index (χ1) is 8.42. The van der Waals surface area contributed by atoms with Crippen LogP contribution in [-0.2, 0) is 6.42 Å². The van der Waals surface area contributed by atoms with Crippen molar-refractivity contribution in [3.05, 3.63) is 85.0 Å². The lowest BCUT2D eigenvalue weighted by Crippen LogP contribution is -1.87. The van der Waals surface area contributed by atoms with E-state index >= 15 is 0 Å². The topological polar surface area (TPSA) is 0 Å². The van der Waals surface area contributed by atoms with E-state index in [0.717, 1.165) is 6.42 Å². The third-order valence-electron chi connectivity index (χ3n) is 2.71. The van der Waals surface area contributed by atoms with Gasteiger partial charge in [0.15, 0.2) is 0 Å². The van der Waals surface area contributed by atoms with Crippen LogP contribution in [-0.4, -0.2) is 0 Å². The second-order valence-corrected chi connectivity index (χ2v) is 3.89. The first-order valence-electron chi connectivity index (χ1n) is 5.82. The standard InChI is InChI=1S/C17H16/c1-2-3-5-10-15-13-8-9-14-17(15)16-11-6-4-7-12-16/h2-9,11-14H,1,10H2. The molecule has 0 radical (unpaired) electrons. The maximum Gasteiger partial charge on any atom is -0.00882 e. The van der Waals surface area contributed by atoms with Crippen LogP contribution in [0.15, 0.2) is 79.4 Å². The Morgan fingerprint density at radius 3 is 2.35 bits per heavy atom. The molecule has 0 heterocycles. The van der Waals surface area contributed by atoms with Crippen LogP contribution >= 0.6 is 0 Å². The highest BCUT2D eigenvalue weighted by Gasteiger charge is 2.01. The van der Waals surface area contributed by atoms with Crippen LogP contribution in [0, 0.1) is 0 Å². The van der Waals surface area contributed by atoms with Gasteiger partial charge in [0, 0.05) is 0 Å². The largest absolute Gasteiger partial charge is 0.0991 e. The number of rotatable bonds is 4. The molecule has 0 aliphatic rings. The third-order valence-corrected chi connectivity index (χ3v) is 2.71. The minimum absolute atomic E-state index is 0.942. The SMILES string of the molecule is C=CC=CCc1ccccc1-c1ccccc1. The van der Waals surface area contributed by atoms with Crippen molar-refractivity contribution in [1.29, 1.82) is 0 Å². The van der Waals surface area contributed by atoms with Gasteiger partial charge in [0.05, 0.1) is 0 Å². The van der Waals surface area contributed by atoms with Crippen LogP contribution in [0.4, 0.5) is 0 Å². The summed E-state index contributed by atoms with van der Waals surface area (Å²) in [5.74, 6) is 0. The van der Waals surface area contributed by atoms with Gasteiger partial charge in [-0.05, 0) is 23.1 Å². The smallest absolute Gasteiger partial charge is 0.00882 e. The summed E-state index contributed by atoms with van der Waals surface area (Å²) in [5, 5.41) is 0. The summed E-state index contributed by atoms with van der Waals surface area (Å²) in [4.78, 5) is 0. The maximum atomic E-state index is 3.69. The van der Waals surface area contributed by atoms with Crippen molar-refractivity contribution in [2.75, 3.05) is 0 Å². The molecule has 0 aromatic heterocycles. The van der Waals surface area contributed by atoms with Crippen LogP contribution in [0.25, 0.3) is 11.1 Å². The van der Waals surface area contributed by atoms with Gasteiger partial charge in [-0.2, -0.15) is 0 Å². The van der Waals surface area contributed by atoms with Crippen LogP contribution in [0.2, 0.25) is 0 Å². The van der Waals surface area contributed by atoms with Gasteiger partial charge in [-0.3, -0.25) is 0 Å². The molecule has 84 valence electrons. The fourth-order valence-electron chi connectivity index (χ4n) is 1.89. The lowest BCUT2D eigenvalue weighted by Gasteiger charge is -2.07. The molecule has 2 rings (SSSR count). The highest BCUT2D eigenvalue weighted by Crippen LogP contribution is 2.23. The second-order valence-electron chi connectivity index (χ2n) is 3.89. The normalized spacial score (nSPS) is 10.6. The van der Waals surface area contributed by atoms with E-state index in [-0.39, 0.29) is 0 Å². The van der Waals surface area contributed by atoms with Crippen molar-refractivity contribution >= 4 is 0 Å². The average molecular weight is 220 g/mol. The summed E-state index contributed by atoms with van der Waals surface area (Å²) in [6.07, 6.45) is 6.87. The van der Waals surface area contributed by atoms with E-state index in [1.54, 1.807) is 0 Å². The molecular weight excluding hydrogens is 204 g/mol. The molecule has 0 spiro atoms. The van der Waals surface area contributed by atoms with Crippen LogP contribution in [0.5, 0.6) is 0 Å². The molecule has 0 heteroatoms. The second kappa shape index (κ2) is 5.86. The lowest BCUT2D eigenvalue weighted by molar-refractivity contribution is 1.27. The van der Waals surface area contributed by atoms with E-state index in [0.29, 0.717) is 0 Å². The van der Waals surface area contributed by atoms with Gasteiger partial charge in [0.1, 0.15) is 0 Å². The maximum absolute atomic E-state index is 3.69. The molecular formula is C17H16. The summed E-state index contributed by atoms with van der Waals surface area (Å²) < 4.78 is 0. The van der Waals surface area contributed by atoms with Gasteiger partial charge in [-0.1, -0.05) is 79.4 Å². The van der Waals surface area contributed by atoms with Crippen LogP contribution in [0.3, 0.4) is 0 Å². The zero-order valence-electron chi connectivity index (χ0n) is 9.84. The van der Waals surface area contributed by atoms with E-state index in [1.807, 2.05) is 18.2 Å². The summed E-state index contributed by atoms with van der Waals surface area (Å²) in [5.41, 5.74) is 3.92. The monoisotopic (exact) mass is 220 g/mol. The first kappa shape index (κ1) is 11.4. The molecule has 0 saturated carbocycles. The number of allylic oxidation sites excluding steroid dienone is 3. The molecule has 17 heavy (non-hydrogen) atoms. The highest BCUT2D eigenvalue weighted by atomic mass is 14.1. The fourth-order valence-corrected chi connectivity index (χ4v) is 1.89. The molecule has 2 aromatic carbocycles. The van der Waals surface area contributed by atoms with Gasteiger partial charge in [0.25, 0.3) is 0 Å². The Kier molecular flexibility index (Phi) is 3.93. The van der Waals surface area contributed by atoms with E-state index in [2.05, 4.69) is 61.2 Å². The molecule has 0 aliphatic heterocycles. The lowest BCUT2D eigenvalue weighted by atomic mass is 9.98. The summed E-state index contributed by atoms with van der Waals surface area (Å²) >= 11 is 0. The number of hydrogen-bond acceptors (Lipinski definition) is 0. The van der Waals surface area contributed by atoms with E-state index in [4.69, 9.17) is 0 Å². The minimum Gasteiger partial charge on any atom is -0.0991 e. The quantitative estimate of drug-likeness (QED) is 0.658. The molecule has 0 aliphatic carbocycles. The Bertz CT molecular complexity index is 507. The molecule has 0 bridgehead atoms. The third kappa shape index (κ3) is 2.94. The summed E-state index contributed by atoms with van der Waals surface area (Å²) in [6, 6.07) is 19.0. The molecule has 0 saturated heterocycles. The fraction of sp³-hybridized carbons (Fsp3) is 0.0588. The molecule has 0 atom stereocenters. The Balaban J connectivity index is 2.34. The predicted octanol–water partition coefficient (Wildman–Crippen LogP) is 4.64. The zero-order valence-corrected chi connectivity index (χ0v) is 9.84. The van der Waals surface area contributed by atoms with E-state index < -0.39 is 0 Å². The predicted molar refractivity (Wildman–Crippen MR) is 74.9 cm³/mol. The van der Waals surface area contributed by atoms with Gasteiger partial charge < -0.3 is 0 Å². The average Bonchev–Trinajstić information content (AvgIpc) is 2.41. The van der Waals surface area contributed by atoms with Crippen LogP contribution in [0.1, 0.15) is 5.56 Å². The van der Waals surface area contributed by atoms with Crippen molar-refractivity contribution < 1.29 is 0 Å². The number of benzene rings is 2. The molecule has 0 nitrogen and oxygen atoms in total. The van der Waals surface area contributed by atoms with Crippen molar-refractivity contribution in [2.45, 2.75) is 6.42 Å². The summed E-state index contributed by atoms with van der Waals surface area (Å²) in [6.45, 7) is 3.69. The van der Waals surface area contributed by atoms with Crippen LogP contribution < -0.4 is 0 Å². The van der Waals surface area contributed by atoms with E-state index in [1.165, 1.54) is 16.7 Å². The zero-order chi connectivity index (χ0) is 11.9. The van der Waals surface area contributed by atoms with Crippen molar-refractivity contribution in [2.24, 2.45) is 0 Å². The van der Waals surface area contributed by atoms with Crippen molar-refractivity contribution in [3.63, 3.8) is 0 Å². The Morgan fingerprint density at radius 2 is 1.59 bits per heavy atom. The molecule has 2 aromatic rings. The molecule has 0 amide bonds. The minimum atomic E-state index is 0.942. The van der Waals surface area contributed by atoms with Crippen molar-refractivity contribution in [1.82, 2.24) is 0 Å². The Morgan fingerprint density at radius 1 is 0.882 bits per heavy atom. The molecule has 0 N–H and O–H groups in total. The number of hydrogen-bond donors (Lipinski definition) is 0. The first-order valence-corrected chi connectivity index (χ1v) is 5.82. The van der Waals surface area contributed by atoms with Gasteiger partial charge in [0.2, 0.25) is 0 Å². The summed E-state index contributed by atoms with van der Waals surface area (Å²) in [7, 11) is 0. The van der Waals surface area contributed by atoms with Gasteiger partial charge in [-0.15, -0.1) is 0 Å². The highest BCUT2D eigenvalue weighted by molar-refractivity contribution is 5.67. The van der Waals surface area contributed by atoms with Gasteiger partial charge in [-0.25, -0.2) is 0 Å². The van der Waals surface area contributed by atoms with Gasteiger partial charge >= 0.3 is 0 Å². The van der Waals surface area contributed by atoms with E-state index in [9.17, 15) is 0 Å². The van der Waals surface area contributed by atoms with Crippen molar-refractivity contribution in [3.8, 4) is 11.1 Å². The molecule has 0 unspecified atom stereocenters.